The summed E-state index contributed by atoms with van der Waals surface area (Å²) in [5.74, 6) is 6.12. The minimum absolute atomic E-state index is 0.0296. The van der Waals surface area contributed by atoms with Gasteiger partial charge in [0, 0.05) is 44.7 Å². The Morgan fingerprint density at radius 2 is 2.08 bits per heavy atom. The Morgan fingerprint density at radius 1 is 1.35 bits per heavy atom. The molecule has 4 N–H and O–H groups in total. The molecular formula is C18H26N4O4. The van der Waals surface area contributed by atoms with Crippen LogP contribution in [-0.2, 0) is 0 Å². The number of carbonyl (C=O) groups excluding carboxylic acids is 1. The third kappa shape index (κ3) is 6.44. The maximum Gasteiger partial charge on any atom is 0.338 e. The molecule has 0 aromatic heterocycles. The number of benzene rings is 1. The molecule has 8 heteroatoms. The average molecular weight is 362 g/mol. The summed E-state index contributed by atoms with van der Waals surface area (Å²) in [5, 5.41) is 19.6. The van der Waals surface area contributed by atoms with E-state index in [1.807, 2.05) is 0 Å². The van der Waals surface area contributed by atoms with Crippen molar-refractivity contribution in [1.82, 2.24) is 14.9 Å². The van der Waals surface area contributed by atoms with Crippen LogP contribution < -0.4 is 10.5 Å². The van der Waals surface area contributed by atoms with E-state index in [0.29, 0.717) is 23.0 Å². The molecule has 0 aliphatic carbocycles. The summed E-state index contributed by atoms with van der Waals surface area (Å²) in [6.07, 6.45) is 0.267. The fourth-order valence-electron chi connectivity index (χ4n) is 2.51. The molecule has 0 unspecified atom stereocenters. The van der Waals surface area contributed by atoms with Gasteiger partial charge in [-0.25, -0.2) is 9.86 Å². The van der Waals surface area contributed by atoms with E-state index in [1.54, 1.807) is 12.1 Å². The van der Waals surface area contributed by atoms with Gasteiger partial charge in [0.25, 0.3) is 0 Å². The number of phenols is 1. The van der Waals surface area contributed by atoms with Crippen LogP contribution in [0.25, 0.3) is 0 Å². The molecule has 8 nitrogen and oxygen atoms in total. The van der Waals surface area contributed by atoms with Crippen LogP contribution in [0.1, 0.15) is 12.0 Å². The summed E-state index contributed by atoms with van der Waals surface area (Å²) in [7, 11) is 2.12. The third-order valence-corrected chi connectivity index (χ3v) is 4.16. The van der Waals surface area contributed by atoms with Crippen LogP contribution in [0.2, 0.25) is 0 Å². The normalized spacial score (nSPS) is 15.2. The van der Waals surface area contributed by atoms with E-state index >= 15 is 0 Å². The quantitative estimate of drug-likeness (QED) is 0.388. The maximum atomic E-state index is 10.6. The molecule has 1 aromatic carbocycles. The zero-order valence-corrected chi connectivity index (χ0v) is 15.0. The first-order valence-corrected chi connectivity index (χ1v) is 8.57. The molecule has 2 amide bonds. The SMILES string of the molecule is CN1CCN(CCOc2ccc(C#CCCN(O)C(N)=O)cc2O)CC1. The molecule has 0 spiro atoms. The highest BCUT2D eigenvalue weighted by atomic mass is 16.5. The summed E-state index contributed by atoms with van der Waals surface area (Å²) in [6, 6.07) is 4.05. The fourth-order valence-corrected chi connectivity index (χ4v) is 2.51. The average Bonchev–Trinajstić information content (AvgIpc) is 2.61. The minimum Gasteiger partial charge on any atom is -0.504 e. The summed E-state index contributed by atoms with van der Waals surface area (Å²) in [4.78, 5) is 15.3. The van der Waals surface area contributed by atoms with Gasteiger partial charge in [0.05, 0.1) is 6.54 Å². The first-order valence-electron chi connectivity index (χ1n) is 8.57. The van der Waals surface area contributed by atoms with Gasteiger partial charge in [0.2, 0.25) is 0 Å². The Morgan fingerprint density at radius 3 is 2.73 bits per heavy atom. The highest BCUT2D eigenvalue weighted by molar-refractivity contribution is 5.70. The lowest BCUT2D eigenvalue weighted by atomic mass is 10.2. The van der Waals surface area contributed by atoms with Crippen molar-refractivity contribution in [2.75, 3.05) is 52.9 Å². The first-order chi connectivity index (χ1) is 12.5. The van der Waals surface area contributed by atoms with Gasteiger partial charge in [-0.1, -0.05) is 11.8 Å². The van der Waals surface area contributed by atoms with Crippen molar-refractivity contribution in [3.8, 4) is 23.3 Å². The van der Waals surface area contributed by atoms with Gasteiger partial charge < -0.3 is 20.5 Å². The number of amides is 2. The summed E-state index contributed by atoms with van der Waals surface area (Å²) in [5.41, 5.74) is 5.52. The van der Waals surface area contributed by atoms with Crippen molar-refractivity contribution < 1.29 is 19.8 Å². The molecule has 0 atom stereocenters. The molecule has 2 rings (SSSR count). The zero-order chi connectivity index (χ0) is 18.9. The van der Waals surface area contributed by atoms with Crippen molar-refractivity contribution in [2.45, 2.75) is 6.42 Å². The number of rotatable bonds is 6. The molecule has 142 valence electrons. The highest BCUT2D eigenvalue weighted by Crippen LogP contribution is 2.26. The van der Waals surface area contributed by atoms with Gasteiger partial charge >= 0.3 is 6.03 Å². The lowest BCUT2D eigenvalue weighted by Crippen LogP contribution is -2.45. The number of phenolic OH excluding ortho intramolecular Hbond substituents is 1. The van der Waals surface area contributed by atoms with E-state index in [-0.39, 0.29) is 18.7 Å². The number of ether oxygens (including phenoxy) is 1. The summed E-state index contributed by atoms with van der Waals surface area (Å²) in [6.45, 7) is 5.55. The number of hydroxylamine groups is 2. The van der Waals surface area contributed by atoms with Crippen LogP contribution in [0.3, 0.4) is 0 Å². The molecule has 1 fully saturated rings. The lowest BCUT2D eigenvalue weighted by molar-refractivity contribution is -0.0372. The molecule has 1 saturated heterocycles. The predicted molar refractivity (Wildman–Crippen MR) is 97.1 cm³/mol. The number of hydrogen-bond acceptors (Lipinski definition) is 6. The second kappa shape index (κ2) is 9.87. The third-order valence-electron chi connectivity index (χ3n) is 4.16. The molecule has 0 bridgehead atoms. The maximum absolute atomic E-state index is 10.6. The highest BCUT2D eigenvalue weighted by Gasteiger charge is 2.13. The second-order valence-corrected chi connectivity index (χ2v) is 6.19. The summed E-state index contributed by atoms with van der Waals surface area (Å²) < 4.78 is 5.66. The Labute approximate surface area is 153 Å². The van der Waals surface area contributed by atoms with Gasteiger partial charge in [-0.15, -0.1) is 0 Å². The van der Waals surface area contributed by atoms with Gasteiger partial charge in [0.1, 0.15) is 6.61 Å². The molecule has 26 heavy (non-hydrogen) atoms. The molecule has 0 saturated carbocycles. The Balaban J connectivity index is 1.77. The van der Waals surface area contributed by atoms with Crippen LogP contribution in [0, 0.1) is 11.8 Å². The van der Waals surface area contributed by atoms with E-state index in [4.69, 9.17) is 15.7 Å². The van der Waals surface area contributed by atoms with E-state index < -0.39 is 6.03 Å². The molecule has 1 aliphatic heterocycles. The van der Waals surface area contributed by atoms with Crippen LogP contribution >= 0.6 is 0 Å². The van der Waals surface area contributed by atoms with Crippen LogP contribution in [0.4, 0.5) is 4.79 Å². The van der Waals surface area contributed by atoms with Crippen molar-refractivity contribution >= 4 is 6.03 Å². The number of hydrogen-bond donors (Lipinski definition) is 3. The van der Waals surface area contributed by atoms with E-state index in [9.17, 15) is 9.90 Å². The van der Waals surface area contributed by atoms with Gasteiger partial charge in [0.15, 0.2) is 11.5 Å². The van der Waals surface area contributed by atoms with E-state index in [1.165, 1.54) is 6.07 Å². The van der Waals surface area contributed by atoms with E-state index in [0.717, 1.165) is 32.7 Å². The first kappa shape index (κ1) is 19.8. The van der Waals surface area contributed by atoms with E-state index in [2.05, 4.69) is 28.7 Å². The van der Waals surface area contributed by atoms with Crippen LogP contribution in [-0.4, -0.2) is 84.1 Å². The molecule has 1 aliphatic rings. The number of primary amides is 1. The number of carbonyl (C=O) groups is 1. The summed E-state index contributed by atoms with van der Waals surface area (Å²) >= 11 is 0. The number of piperazine rings is 1. The standard InChI is InChI=1S/C18H26N4O4/c1-20-8-10-21(11-9-20)12-13-26-17-6-5-15(14-16(17)23)4-2-3-7-22(25)18(19)24/h5-6,14,23,25H,3,7-13H2,1H3,(H2,19,24). The monoisotopic (exact) mass is 362 g/mol. The smallest absolute Gasteiger partial charge is 0.338 e. The van der Waals surface area contributed by atoms with Crippen LogP contribution in [0.15, 0.2) is 18.2 Å². The Kier molecular flexibility index (Phi) is 7.53. The minimum atomic E-state index is -0.914. The molecule has 1 aromatic rings. The van der Waals surface area contributed by atoms with Crippen LogP contribution in [0.5, 0.6) is 11.5 Å². The Hall–Kier alpha value is -2.47. The number of urea groups is 1. The number of likely N-dealkylation sites (N-methyl/N-ethyl adjacent to an activating group) is 1. The van der Waals surface area contributed by atoms with Gasteiger partial charge in [-0.2, -0.15) is 0 Å². The largest absolute Gasteiger partial charge is 0.504 e. The lowest BCUT2D eigenvalue weighted by Gasteiger charge is -2.32. The van der Waals surface area contributed by atoms with Crippen molar-refractivity contribution in [1.29, 1.82) is 0 Å². The predicted octanol–water partition coefficient (Wildman–Crippen LogP) is 0.530. The van der Waals surface area contributed by atoms with Gasteiger partial charge in [-0.3, -0.25) is 10.1 Å². The second-order valence-electron chi connectivity index (χ2n) is 6.19. The topological polar surface area (TPSA) is 103 Å². The molecule has 1 heterocycles. The van der Waals surface area contributed by atoms with Gasteiger partial charge in [-0.05, 0) is 25.2 Å². The number of aromatic hydroxyl groups is 1. The molecular weight excluding hydrogens is 336 g/mol. The van der Waals surface area contributed by atoms with Crippen molar-refractivity contribution in [2.24, 2.45) is 5.73 Å². The number of nitrogens with zero attached hydrogens (tertiary/aromatic N) is 3. The molecule has 0 radical (unpaired) electrons. The zero-order valence-electron chi connectivity index (χ0n) is 15.0. The number of nitrogens with two attached hydrogens (primary N) is 1. The van der Waals surface area contributed by atoms with Crippen molar-refractivity contribution in [3.63, 3.8) is 0 Å². The van der Waals surface area contributed by atoms with Crippen molar-refractivity contribution in [3.05, 3.63) is 23.8 Å². The Bertz CT molecular complexity index is 663. The fraction of sp³-hybridized carbons (Fsp3) is 0.500.